The van der Waals surface area contributed by atoms with Crippen LogP contribution < -0.4 is 5.32 Å². The molecule has 0 fully saturated rings. The average Bonchev–Trinajstić information content (AvgIpc) is 2.47. The number of benzene rings is 2. The maximum Gasteiger partial charge on any atom is 0.225 e. The molecule has 0 saturated carbocycles. The van der Waals surface area contributed by atoms with Gasteiger partial charge in [0, 0.05) is 22.8 Å². The smallest absolute Gasteiger partial charge is 0.225 e. The zero-order valence-electron chi connectivity index (χ0n) is 11.8. The molecule has 0 heterocycles. The van der Waals surface area contributed by atoms with Crippen LogP contribution >= 0.6 is 11.8 Å². The largest absolute Gasteiger partial charge is 0.326 e. The number of amides is 1. The second-order valence-corrected chi connectivity index (χ2v) is 5.85. The van der Waals surface area contributed by atoms with Crippen LogP contribution in [-0.4, -0.2) is 11.7 Å². The third-order valence-corrected chi connectivity index (χ3v) is 3.94. The molecular formula is C16H14F3NOS. The lowest BCUT2D eigenvalue weighted by Gasteiger charge is -2.06. The monoisotopic (exact) mass is 325 g/mol. The molecule has 0 unspecified atom stereocenters. The van der Waals surface area contributed by atoms with Crippen molar-refractivity contribution in [1.82, 2.24) is 0 Å². The Morgan fingerprint density at radius 2 is 1.82 bits per heavy atom. The molecule has 0 saturated heterocycles. The summed E-state index contributed by atoms with van der Waals surface area (Å²) in [6.45, 7) is 1.64. The quantitative estimate of drug-likeness (QED) is 0.818. The minimum absolute atomic E-state index is 0.180. The Balaban J connectivity index is 1.82. The highest BCUT2D eigenvalue weighted by Gasteiger charge is 2.07. The zero-order valence-corrected chi connectivity index (χ0v) is 12.6. The van der Waals surface area contributed by atoms with Gasteiger partial charge in [0.2, 0.25) is 5.91 Å². The number of nitrogens with one attached hydrogen (secondary N) is 1. The molecular weight excluding hydrogens is 311 g/mol. The van der Waals surface area contributed by atoms with Crippen molar-refractivity contribution in [3.05, 3.63) is 59.4 Å². The molecule has 22 heavy (non-hydrogen) atoms. The highest BCUT2D eigenvalue weighted by atomic mass is 32.2. The third-order valence-electron chi connectivity index (χ3n) is 2.94. The zero-order chi connectivity index (χ0) is 16.1. The minimum atomic E-state index is -0.912. The summed E-state index contributed by atoms with van der Waals surface area (Å²) < 4.78 is 39.1. The Morgan fingerprint density at radius 1 is 1.05 bits per heavy atom. The lowest BCUT2D eigenvalue weighted by Crippen LogP contribution is -2.12. The summed E-state index contributed by atoms with van der Waals surface area (Å²) in [7, 11) is 0. The van der Waals surface area contributed by atoms with Gasteiger partial charge in [-0.1, -0.05) is 6.07 Å². The van der Waals surface area contributed by atoms with Crippen LogP contribution in [-0.2, 0) is 4.79 Å². The maximum atomic E-state index is 13.4. The van der Waals surface area contributed by atoms with Gasteiger partial charge in [-0.3, -0.25) is 4.79 Å². The molecule has 2 aromatic carbocycles. The predicted molar refractivity (Wildman–Crippen MR) is 81.5 cm³/mol. The van der Waals surface area contributed by atoms with E-state index >= 15 is 0 Å². The Bertz CT molecular complexity index is 691. The molecule has 116 valence electrons. The first kappa shape index (κ1) is 16.4. The number of halogens is 3. The first-order chi connectivity index (χ1) is 10.5. The molecule has 2 aromatic rings. The normalized spacial score (nSPS) is 10.5. The van der Waals surface area contributed by atoms with Gasteiger partial charge in [-0.25, -0.2) is 13.2 Å². The lowest BCUT2D eigenvalue weighted by atomic mass is 10.2. The second-order valence-electron chi connectivity index (χ2n) is 4.69. The van der Waals surface area contributed by atoms with Crippen molar-refractivity contribution < 1.29 is 18.0 Å². The molecule has 0 aliphatic heterocycles. The van der Waals surface area contributed by atoms with Crippen molar-refractivity contribution in [2.45, 2.75) is 18.2 Å². The van der Waals surface area contributed by atoms with E-state index in [2.05, 4.69) is 5.32 Å². The molecule has 0 aromatic heterocycles. The minimum Gasteiger partial charge on any atom is -0.326 e. The van der Waals surface area contributed by atoms with E-state index < -0.39 is 11.6 Å². The average molecular weight is 325 g/mol. The van der Waals surface area contributed by atoms with Crippen molar-refractivity contribution in [2.75, 3.05) is 11.1 Å². The second kappa shape index (κ2) is 7.35. The van der Waals surface area contributed by atoms with Gasteiger partial charge in [0.1, 0.15) is 5.82 Å². The van der Waals surface area contributed by atoms with Crippen LogP contribution in [0, 0.1) is 24.4 Å². The lowest BCUT2D eigenvalue weighted by molar-refractivity contribution is -0.115. The maximum absolute atomic E-state index is 13.4. The first-order valence-corrected chi connectivity index (χ1v) is 7.58. The van der Waals surface area contributed by atoms with Crippen LogP contribution in [0.3, 0.4) is 0 Å². The van der Waals surface area contributed by atoms with E-state index in [1.165, 1.54) is 23.9 Å². The van der Waals surface area contributed by atoms with Crippen LogP contribution in [0.15, 0.2) is 41.3 Å². The summed E-state index contributed by atoms with van der Waals surface area (Å²) in [5.41, 5.74) is 0.901. The van der Waals surface area contributed by atoms with Gasteiger partial charge in [0.25, 0.3) is 0 Å². The number of carbonyl (C=O) groups excluding carboxylic acids is 1. The number of hydrogen-bond acceptors (Lipinski definition) is 2. The van der Waals surface area contributed by atoms with Crippen molar-refractivity contribution in [1.29, 1.82) is 0 Å². The fourth-order valence-corrected chi connectivity index (χ4v) is 2.60. The number of aryl methyl sites for hydroxylation is 1. The third kappa shape index (κ3) is 4.53. The summed E-state index contributed by atoms with van der Waals surface area (Å²) in [5, 5.41) is 2.59. The highest BCUT2D eigenvalue weighted by Crippen LogP contribution is 2.21. The topological polar surface area (TPSA) is 29.1 Å². The van der Waals surface area contributed by atoms with E-state index in [1.54, 1.807) is 19.1 Å². The number of anilines is 1. The van der Waals surface area contributed by atoms with Gasteiger partial charge in [-0.2, -0.15) is 0 Å². The summed E-state index contributed by atoms with van der Waals surface area (Å²) in [6, 6.07) is 8.06. The van der Waals surface area contributed by atoms with Crippen molar-refractivity contribution in [3.63, 3.8) is 0 Å². The van der Waals surface area contributed by atoms with Gasteiger partial charge in [-0.05, 0) is 42.8 Å². The number of hydrogen-bond donors (Lipinski definition) is 1. The predicted octanol–water partition coefficient (Wildman–Crippen LogP) is 4.53. The van der Waals surface area contributed by atoms with Crippen molar-refractivity contribution >= 4 is 23.4 Å². The van der Waals surface area contributed by atoms with Crippen LogP contribution in [0.25, 0.3) is 0 Å². The van der Waals surface area contributed by atoms with Gasteiger partial charge in [-0.15, -0.1) is 11.8 Å². The Morgan fingerprint density at radius 3 is 2.50 bits per heavy atom. The summed E-state index contributed by atoms with van der Waals surface area (Å²) >= 11 is 1.25. The molecule has 0 radical (unpaired) electrons. The van der Waals surface area contributed by atoms with E-state index in [1.807, 2.05) is 0 Å². The first-order valence-electron chi connectivity index (χ1n) is 6.59. The molecule has 6 heteroatoms. The fourth-order valence-electron chi connectivity index (χ4n) is 1.72. The fraction of sp³-hybridized carbons (Fsp3) is 0.188. The van der Waals surface area contributed by atoms with Crippen molar-refractivity contribution in [2.24, 2.45) is 0 Å². The van der Waals surface area contributed by atoms with Gasteiger partial charge < -0.3 is 5.32 Å². The molecule has 0 atom stereocenters. The summed E-state index contributed by atoms with van der Waals surface area (Å²) in [5.74, 6) is -2.05. The van der Waals surface area contributed by atoms with E-state index in [-0.39, 0.29) is 18.1 Å². The number of carbonyl (C=O) groups is 1. The molecule has 0 bridgehead atoms. The summed E-state index contributed by atoms with van der Waals surface area (Å²) in [4.78, 5) is 12.3. The van der Waals surface area contributed by atoms with Gasteiger partial charge >= 0.3 is 0 Å². The molecule has 2 nitrogen and oxygen atoms in total. The van der Waals surface area contributed by atoms with Crippen LogP contribution in [0.1, 0.15) is 12.0 Å². The van der Waals surface area contributed by atoms with Gasteiger partial charge in [0.05, 0.1) is 0 Å². The number of thioether (sulfide) groups is 1. The Kier molecular flexibility index (Phi) is 5.49. The molecule has 2 rings (SSSR count). The Hall–Kier alpha value is -1.95. The van der Waals surface area contributed by atoms with Crippen LogP contribution in [0.5, 0.6) is 0 Å². The van der Waals surface area contributed by atoms with E-state index in [9.17, 15) is 18.0 Å². The SMILES string of the molecule is Cc1ccc(NC(=O)CCSc2ccc(F)c(F)c2)cc1F. The molecule has 0 aliphatic rings. The van der Waals surface area contributed by atoms with E-state index in [0.717, 1.165) is 12.1 Å². The van der Waals surface area contributed by atoms with Crippen LogP contribution in [0.2, 0.25) is 0 Å². The summed E-state index contributed by atoms with van der Waals surface area (Å²) in [6.07, 6.45) is 0.180. The highest BCUT2D eigenvalue weighted by molar-refractivity contribution is 7.99. The molecule has 1 N–H and O–H groups in total. The van der Waals surface area contributed by atoms with Gasteiger partial charge in [0.15, 0.2) is 11.6 Å². The molecule has 1 amide bonds. The van der Waals surface area contributed by atoms with Crippen molar-refractivity contribution in [3.8, 4) is 0 Å². The van der Waals surface area contributed by atoms with Crippen LogP contribution in [0.4, 0.5) is 18.9 Å². The number of rotatable bonds is 5. The Labute approximate surface area is 130 Å². The van der Waals surface area contributed by atoms with E-state index in [4.69, 9.17) is 0 Å². The standard InChI is InChI=1S/C16H14F3NOS/c1-10-2-3-11(8-14(10)18)20-16(21)6-7-22-12-4-5-13(17)15(19)9-12/h2-5,8-9H,6-7H2,1H3,(H,20,21). The van der Waals surface area contributed by atoms with E-state index in [0.29, 0.717) is 21.9 Å². The molecule has 0 aliphatic carbocycles. The molecule has 0 spiro atoms.